The van der Waals surface area contributed by atoms with Gasteiger partial charge < -0.3 is 9.47 Å². The van der Waals surface area contributed by atoms with Gasteiger partial charge in [-0.15, -0.1) is 0 Å². The van der Waals surface area contributed by atoms with Crippen LogP contribution in [0.15, 0.2) is 47.5 Å². The zero-order chi connectivity index (χ0) is 14.6. The Bertz CT molecular complexity index is 701. The van der Waals surface area contributed by atoms with Crippen LogP contribution < -0.4 is 14.6 Å². The van der Waals surface area contributed by atoms with Gasteiger partial charge in [0, 0.05) is 12.3 Å². The molecule has 0 spiro atoms. The number of hydrogen-bond acceptors (Lipinski definition) is 5. The van der Waals surface area contributed by atoms with Crippen molar-refractivity contribution in [3.63, 3.8) is 0 Å². The van der Waals surface area contributed by atoms with E-state index in [-0.39, 0.29) is 10.8 Å². The zero-order valence-corrected chi connectivity index (χ0v) is 11.6. The number of aromatic nitrogens is 1. The number of rotatable bonds is 5. The summed E-state index contributed by atoms with van der Waals surface area (Å²) in [4.78, 5) is 3.73. The molecule has 0 atom stereocenters. The molecule has 1 aromatic heterocycles. The molecule has 20 heavy (non-hydrogen) atoms. The summed E-state index contributed by atoms with van der Waals surface area (Å²) in [6, 6.07) is 9.64. The third-order valence-electron chi connectivity index (χ3n) is 2.37. The number of nitrogens with two attached hydrogens (primary N) is 1. The average molecular weight is 294 g/mol. The highest BCUT2D eigenvalue weighted by Gasteiger charge is 2.16. The summed E-state index contributed by atoms with van der Waals surface area (Å²) in [5.74, 6) is 0.973. The quantitative estimate of drug-likeness (QED) is 0.909. The molecule has 0 amide bonds. The third kappa shape index (κ3) is 3.46. The first kappa shape index (κ1) is 14.3. The molecule has 1 aromatic carbocycles. The number of hydrogen-bond donors (Lipinski definition) is 1. The van der Waals surface area contributed by atoms with E-state index in [0.717, 1.165) is 0 Å². The van der Waals surface area contributed by atoms with E-state index in [1.54, 1.807) is 24.3 Å². The summed E-state index contributed by atoms with van der Waals surface area (Å²) in [5.41, 5.74) is 0. The van der Waals surface area contributed by atoms with Crippen LogP contribution in [0.25, 0.3) is 0 Å². The van der Waals surface area contributed by atoms with Crippen LogP contribution >= 0.6 is 0 Å². The standard InChI is InChI=1S/C13H14N2O4S/c1-2-18-10-5-3-6-11(9-10)19-13-12(20(14,16)17)7-4-8-15-13/h3-9H,2H2,1H3,(H2,14,16,17). The number of sulfonamides is 1. The van der Waals surface area contributed by atoms with Crippen molar-refractivity contribution in [2.45, 2.75) is 11.8 Å². The first-order valence-electron chi connectivity index (χ1n) is 5.89. The minimum atomic E-state index is -3.89. The lowest BCUT2D eigenvalue weighted by Gasteiger charge is -2.09. The molecule has 1 heterocycles. The largest absolute Gasteiger partial charge is 0.494 e. The molecule has 106 valence electrons. The maximum Gasteiger partial charge on any atom is 0.243 e. The Balaban J connectivity index is 2.33. The molecular formula is C13H14N2O4S. The van der Waals surface area contributed by atoms with E-state index in [4.69, 9.17) is 14.6 Å². The van der Waals surface area contributed by atoms with Crippen molar-refractivity contribution in [2.24, 2.45) is 5.14 Å². The second-order valence-corrected chi connectivity index (χ2v) is 5.39. The fourth-order valence-electron chi connectivity index (χ4n) is 1.58. The number of nitrogens with zero attached hydrogens (tertiary/aromatic N) is 1. The van der Waals surface area contributed by atoms with Gasteiger partial charge in [-0.3, -0.25) is 0 Å². The van der Waals surface area contributed by atoms with Crippen molar-refractivity contribution in [3.05, 3.63) is 42.6 Å². The van der Waals surface area contributed by atoms with Crippen molar-refractivity contribution < 1.29 is 17.9 Å². The van der Waals surface area contributed by atoms with E-state index in [1.165, 1.54) is 18.3 Å². The lowest BCUT2D eigenvalue weighted by Crippen LogP contribution is -2.13. The molecule has 0 aliphatic rings. The number of primary sulfonamides is 1. The van der Waals surface area contributed by atoms with Crippen molar-refractivity contribution in [3.8, 4) is 17.4 Å². The van der Waals surface area contributed by atoms with Gasteiger partial charge in [0.2, 0.25) is 15.9 Å². The molecule has 0 aliphatic heterocycles. The van der Waals surface area contributed by atoms with E-state index < -0.39 is 10.0 Å². The molecule has 0 fully saturated rings. The fraction of sp³-hybridized carbons (Fsp3) is 0.154. The van der Waals surface area contributed by atoms with Crippen LogP contribution in [-0.4, -0.2) is 20.0 Å². The summed E-state index contributed by atoms with van der Waals surface area (Å²) in [6.45, 7) is 2.39. The van der Waals surface area contributed by atoms with E-state index in [1.807, 2.05) is 6.92 Å². The third-order valence-corrected chi connectivity index (χ3v) is 3.30. The van der Waals surface area contributed by atoms with Crippen molar-refractivity contribution >= 4 is 10.0 Å². The SMILES string of the molecule is CCOc1cccc(Oc2ncccc2S(N)(=O)=O)c1. The van der Waals surface area contributed by atoms with E-state index in [0.29, 0.717) is 18.1 Å². The highest BCUT2D eigenvalue weighted by molar-refractivity contribution is 7.89. The van der Waals surface area contributed by atoms with Crippen molar-refractivity contribution in [1.82, 2.24) is 4.98 Å². The Labute approximate surface area is 117 Å². The van der Waals surface area contributed by atoms with Crippen LogP contribution in [0.4, 0.5) is 0 Å². The van der Waals surface area contributed by atoms with E-state index in [9.17, 15) is 8.42 Å². The Kier molecular flexibility index (Phi) is 4.21. The number of ether oxygens (including phenoxy) is 2. The highest BCUT2D eigenvalue weighted by Crippen LogP contribution is 2.27. The zero-order valence-electron chi connectivity index (χ0n) is 10.8. The van der Waals surface area contributed by atoms with Gasteiger partial charge in [-0.2, -0.15) is 0 Å². The first-order valence-corrected chi connectivity index (χ1v) is 7.44. The van der Waals surface area contributed by atoms with Crippen LogP contribution in [0.5, 0.6) is 17.4 Å². The second-order valence-electron chi connectivity index (χ2n) is 3.86. The summed E-state index contributed by atoms with van der Waals surface area (Å²) >= 11 is 0. The molecule has 0 unspecified atom stereocenters. The van der Waals surface area contributed by atoms with Gasteiger partial charge in [0.25, 0.3) is 0 Å². The Morgan fingerprint density at radius 1 is 1.20 bits per heavy atom. The summed E-state index contributed by atoms with van der Waals surface area (Å²) in [7, 11) is -3.89. The topological polar surface area (TPSA) is 91.5 Å². The molecule has 0 radical (unpaired) electrons. The summed E-state index contributed by atoms with van der Waals surface area (Å²) < 4.78 is 33.7. The molecule has 7 heteroatoms. The predicted molar refractivity (Wildman–Crippen MR) is 73.3 cm³/mol. The molecular weight excluding hydrogens is 280 g/mol. The molecule has 0 saturated heterocycles. The van der Waals surface area contributed by atoms with Gasteiger partial charge in [0.1, 0.15) is 16.4 Å². The van der Waals surface area contributed by atoms with Crippen LogP contribution in [0.2, 0.25) is 0 Å². The van der Waals surface area contributed by atoms with Gasteiger partial charge in [-0.05, 0) is 31.2 Å². The fourth-order valence-corrected chi connectivity index (χ4v) is 2.18. The summed E-state index contributed by atoms with van der Waals surface area (Å²) in [6.07, 6.45) is 1.43. The molecule has 0 bridgehead atoms. The molecule has 2 aromatic rings. The van der Waals surface area contributed by atoms with Gasteiger partial charge in [-0.1, -0.05) is 6.07 Å². The molecule has 0 aliphatic carbocycles. The predicted octanol–water partition coefficient (Wildman–Crippen LogP) is 1.92. The molecule has 2 rings (SSSR count). The summed E-state index contributed by atoms with van der Waals surface area (Å²) in [5, 5.41) is 5.12. The van der Waals surface area contributed by atoms with Crippen LogP contribution in [0, 0.1) is 0 Å². The van der Waals surface area contributed by atoms with Crippen molar-refractivity contribution in [1.29, 1.82) is 0 Å². The van der Waals surface area contributed by atoms with Crippen LogP contribution in [0.3, 0.4) is 0 Å². The van der Waals surface area contributed by atoms with E-state index in [2.05, 4.69) is 4.98 Å². The van der Waals surface area contributed by atoms with E-state index >= 15 is 0 Å². The minimum Gasteiger partial charge on any atom is -0.494 e. The number of benzene rings is 1. The normalized spacial score (nSPS) is 11.1. The average Bonchev–Trinajstić information content (AvgIpc) is 2.39. The van der Waals surface area contributed by atoms with Crippen LogP contribution in [0.1, 0.15) is 6.92 Å². The molecule has 6 nitrogen and oxygen atoms in total. The second kappa shape index (κ2) is 5.89. The maximum absolute atomic E-state index is 11.4. The van der Waals surface area contributed by atoms with Gasteiger partial charge in [0.05, 0.1) is 6.61 Å². The Morgan fingerprint density at radius 3 is 2.65 bits per heavy atom. The lowest BCUT2D eigenvalue weighted by molar-refractivity contribution is 0.337. The number of pyridine rings is 1. The first-order chi connectivity index (χ1) is 9.50. The highest BCUT2D eigenvalue weighted by atomic mass is 32.2. The van der Waals surface area contributed by atoms with Gasteiger partial charge >= 0.3 is 0 Å². The van der Waals surface area contributed by atoms with Crippen LogP contribution in [-0.2, 0) is 10.0 Å². The van der Waals surface area contributed by atoms with Gasteiger partial charge in [0.15, 0.2) is 0 Å². The smallest absolute Gasteiger partial charge is 0.243 e. The Morgan fingerprint density at radius 2 is 1.95 bits per heavy atom. The van der Waals surface area contributed by atoms with Gasteiger partial charge in [-0.25, -0.2) is 18.5 Å². The molecule has 0 saturated carbocycles. The maximum atomic E-state index is 11.4. The Hall–Kier alpha value is -2.12. The monoisotopic (exact) mass is 294 g/mol. The molecule has 2 N–H and O–H groups in total. The van der Waals surface area contributed by atoms with Crippen molar-refractivity contribution in [2.75, 3.05) is 6.61 Å². The lowest BCUT2D eigenvalue weighted by atomic mass is 10.3. The minimum absolute atomic E-state index is 0.0661.